The quantitative estimate of drug-likeness (QED) is 0.0866. The zero-order chi connectivity index (χ0) is 26.4. The van der Waals surface area contributed by atoms with Gasteiger partial charge in [0.2, 0.25) is 17.7 Å². The summed E-state index contributed by atoms with van der Waals surface area (Å²) in [5, 5.41) is 26.9. The fourth-order valence-corrected chi connectivity index (χ4v) is 3.35. The molecule has 12 heteroatoms. The fraction of sp³-hybridized carbons (Fsp3) is 0.522. The SMILES string of the molecule is CC(C)C[C@H](NC(=O)[C@H](Cc1ccccc1)NC(=O)CN)C(=O)N[C@@H](CCCNC(=N)N)C(=O)O. The molecule has 1 aromatic carbocycles. The van der Waals surface area contributed by atoms with Gasteiger partial charge in [0.05, 0.1) is 6.54 Å². The van der Waals surface area contributed by atoms with Crippen LogP contribution < -0.4 is 32.7 Å². The van der Waals surface area contributed by atoms with Gasteiger partial charge >= 0.3 is 5.97 Å². The van der Waals surface area contributed by atoms with Crippen LogP contribution in [0.15, 0.2) is 30.3 Å². The van der Waals surface area contributed by atoms with Gasteiger partial charge in [-0.25, -0.2) is 4.79 Å². The number of carboxylic acid groups (broad SMARTS) is 1. The van der Waals surface area contributed by atoms with Crippen LogP contribution in [0.25, 0.3) is 0 Å². The first-order chi connectivity index (χ1) is 16.5. The van der Waals surface area contributed by atoms with Crippen LogP contribution in [-0.2, 0) is 25.6 Å². The third-order valence-corrected chi connectivity index (χ3v) is 5.06. The van der Waals surface area contributed by atoms with Gasteiger partial charge in [-0.2, -0.15) is 0 Å². The summed E-state index contributed by atoms with van der Waals surface area (Å²) in [5.41, 5.74) is 11.4. The van der Waals surface area contributed by atoms with E-state index in [4.69, 9.17) is 16.9 Å². The van der Waals surface area contributed by atoms with E-state index in [1.165, 1.54) is 0 Å². The number of nitrogens with two attached hydrogens (primary N) is 2. The molecule has 0 aliphatic rings. The zero-order valence-electron chi connectivity index (χ0n) is 20.2. The van der Waals surface area contributed by atoms with E-state index in [-0.39, 0.29) is 44.2 Å². The molecule has 1 rings (SSSR count). The van der Waals surface area contributed by atoms with E-state index in [0.29, 0.717) is 6.42 Å². The van der Waals surface area contributed by atoms with Crippen molar-refractivity contribution in [1.82, 2.24) is 21.3 Å². The average molecular weight is 492 g/mol. The Kier molecular flexibility index (Phi) is 12.8. The number of amides is 3. The van der Waals surface area contributed by atoms with E-state index >= 15 is 0 Å². The van der Waals surface area contributed by atoms with Crippen molar-refractivity contribution >= 4 is 29.7 Å². The van der Waals surface area contributed by atoms with Crippen LogP contribution in [-0.4, -0.2) is 66.0 Å². The molecule has 0 saturated heterocycles. The molecule has 0 bridgehead atoms. The van der Waals surface area contributed by atoms with Crippen molar-refractivity contribution in [2.24, 2.45) is 17.4 Å². The predicted octanol–water partition coefficient (Wildman–Crippen LogP) is -0.964. The topological polar surface area (TPSA) is 213 Å². The van der Waals surface area contributed by atoms with Gasteiger partial charge in [-0.05, 0) is 30.7 Å². The van der Waals surface area contributed by atoms with Crippen molar-refractivity contribution in [3.8, 4) is 0 Å². The summed E-state index contributed by atoms with van der Waals surface area (Å²) in [6.45, 7) is 3.72. The number of carboxylic acids is 1. The second kappa shape index (κ2) is 15.3. The molecule has 0 aliphatic heterocycles. The van der Waals surface area contributed by atoms with Crippen LogP contribution >= 0.6 is 0 Å². The molecule has 35 heavy (non-hydrogen) atoms. The molecule has 0 aromatic heterocycles. The van der Waals surface area contributed by atoms with Crippen molar-refractivity contribution in [3.05, 3.63) is 35.9 Å². The van der Waals surface area contributed by atoms with E-state index in [1.54, 1.807) is 0 Å². The normalized spacial score (nSPS) is 13.3. The monoisotopic (exact) mass is 491 g/mol. The van der Waals surface area contributed by atoms with E-state index in [9.17, 15) is 24.3 Å². The molecule has 0 unspecified atom stereocenters. The summed E-state index contributed by atoms with van der Waals surface area (Å²) in [5.74, 6) is -3.16. The van der Waals surface area contributed by atoms with Gasteiger partial charge in [-0.1, -0.05) is 44.2 Å². The van der Waals surface area contributed by atoms with E-state index in [0.717, 1.165) is 5.56 Å². The maximum absolute atomic E-state index is 13.1. The smallest absolute Gasteiger partial charge is 0.326 e. The first-order valence-corrected chi connectivity index (χ1v) is 11.5. The Hall–Kier alpha value is -3.67. The Balaban J connectivity index is 2.93. The number of benzene rings is 1. The van der Waals surface area contributed by atoms with E-state index < -0.39 is 41.8 Å². The molecular weight excluding hydrogens is 454 g/mol. The summed E-state index contributed by atoms with van der Waals surface area (Å²) < 4.78 is 0. The van der Waals surface area contributed by atoms with Gasteiger partial charge in [0.15, 0.2) is 5.96 Å². The Morgan fingerprint density at radius 3 is 2.11 bits per heavy atom. The molecule has 0 radical (unpaired) electrons. The van der Waals surface area contributed by atoms with Gasteiger partial charge in [-0.3, -0.25) is 19.8 Å². The number of aliphatic carboxylic acids is 1. The predicted molar refractivity (Wildman–Crippen MR) is 131 cm³/mol. The van der Waals surface area contributed by atoms with Crippen molar-refractivity contribution in [2.75, 3.05) is 13.1 Å². The molecule has 1 aromatic rings. The summed E-state index contributed by atoms with van der Waals surface area (Å²) in [6.07, 6.45) is 0.906. The summed E-state index contributed by atoms with van der Waals surface area (Å²) in [6, 6.07) is 5.91. The van der Waals surface area contributed by atoms with Crippen LogP contribution in [0.1, 0.15) is 38.7 Å². The lowest BCUT2D eigenvalue weighted by Crippen LogP contribution is -2.57. The van der Waals surface area contributed by atoms with Crippen molar-refractivity contribution in [1.29, 1.82) is 5.41 Å². The fourth-order valence-electron chi connectivity index (χ4n) is 3.35. The third kappa shape index (κ3) is 11.8. The maximum atomic E-state index is 13.1. The Morgan fingerprint density at radius 2 is 1.57 bits per heavy atom. The molecule has 0 spiro atoms. The number of carbonyl (C=O) groups is 4. The second-order valence-corrected chi connectivity index (χ2v) is 8.59. The largest absolute Gasteiger partial charge is 0.480 e. The number of guanidine groups is 1. The minimum absolute atomic E-state index is 0.0142. The van der Waals surface area contributed by atoms with E-state index in [1.807, 2.05) is 44.2 Å². The van der Waals surface area contributed by atoms with Gasteiger partial charge in [0, 0.05) is 13.0 Å². The highest BCUT2D eigenvalue weighted by atomic mass is 16.4. The van der Waals surface area contributed by atoms with Crippen molar-refractivity contribution in [2.45, 2.75) is 57.7 Å². The van der Waals surface area contributed by atoms with Crippen molar-refractivity contribution in [3.63, 3.8) is 0 Å². The molecule has 3 amide bonds. The van der Waals surface area contributed by atoms with Crippen LogP contribution in [0.3, 0.4) is 0 Å². The van der Waals surface area contributed by atoms with Crippen LogP contribution in [0, 0.1) is 11.3 Å². The summed E-state index contributed by atoms with van der Waals surface area (Å²) in [7, 11) is 0. The van der Waals surface area contributed by atoms with Gasteiger partial charge < -0.3 is 37.8 Å². The van der Waals surface area contributed by atoms with Gasteiger partial charge in [-0.15, -0.1) is 0 Å². The highest BCUT2D eigenvalue weighted by Crippen LogP contribution is 2.09. The molecular formula is C23H37N7O5. The number of hydrogen-bond donors (Lipinski definition) is 8. The molecule has 0 fully saturated rings. The molecule has 0 aliphatic carbocycles. The lowest BCUT2D eigenvalue weighted by molar-refractivity contribution is -0.142. The van der Waals surface area contributed by atoms with Crippen LogP contribution in [0.2, 0.25) is 0 Å². The maximum Gasteiger partial charge on any atom is 0.326 e. The lowest BCUT2D eigenvalue weighted by Gasteiger charge is -2.25. The number of rotatable bonds is 15. The minimum Gasteiger partial charge on any atom is -0.480 e. The second-order valence-electron chi connectivity index (χ2n) is 8.59. The Labute approximate surface area is 205 Å². The van der Waals surface area contributed by atoms with Crippen LogP contribution in [0.4, 0.5) is 0 Å². The van der Waals surface area contributed by atoms with Crippen molar-refractivity contribution < 1.29 is 24.3 Å². The lowest BCUT2D eigenvalue weighted by atomic mass is 10.0. The Bertz CT molecular complexity index is 863. The van der Waals surface area contributed by atoms with Gasteiger partial charge in [0.1, 0.15) is 18.1 Å². The minimum atomic E-state index is -1.21. The molecule has 3 atom stereocenters. The summed E-state index contributed by atoms with van der Waals surface area (Å²) in [4.78, 5) is 49.6. The number of carbonyl (C=O) groups excluding carboxylic acids is 3. The number of hydrogen-bond acceptors (Lipinski definition) is 6. The first kappa shape index (κ1) is 29.4. The molecule has 12 nitrogen and oxygen atoms in total. The average Bonchev–Trinajstić information content (AvgIpc) is 2.79. The third-order valence-electron chi connectivity index (χ3n) is 5.06. The highest BCUT2D eigenvalue weighted by molar-refractivity contribution is 5.93. The summed E-state index contributed by atoms with van der Waals surface area (Å²) >= 11 is 0. The van der Waals surface area contributed by atoms with E-state index in [2.05, 4.69) is 21.3 Å². The Morgan fingerprint density at radius 1 is 0.971 bits per heavy atom. The molecule has 10 N–H and O–H groups in total. The standard InChI is InChI=1S/C23H37N7O5/c1-14(2)11-17(20(32)29-16(22(34)35)9-6-10-27-23(25)26)30-21(33)18(28-19(31)13-24)12-15-7-4-3-5-8-15/h3-5,7-8,14,16-18H,6,9-13,24H2,1-2H3,(H,28,31)(H,29,32)(H,30,33)(H,34,35)(H4,25,26,27)/t16-,17-,18-/m0/s1. The highest BCUT2D eigenvalue weighted by Gasteiger charge is 2.30. The number of nitrogens with one attached hydrogen (secondary N) is 5. The molecule has 0 heterocycles. The zero-order valence-corrected chi connectivity index (χ0v) is 20.2. The first-order valence-electron chi connectivity index (χ1n) is 11.5. The molecule has 194 valence electrons. The van der Waals surface area contributed by atoms with Crippen LogP contribution in [0.5, 0.6) is 0 Å². The molecule has 0 saturated carbocycles. The van der Waals surface area contributed by atoms with Gasteiger partial charge in [0.25, 0.3) is 0 Å².